The van der Waals surface area contributed by atoms with Gasteiger partial charge in [-0.15, -0.1) is 0 Å². The molecule has 5 fully saturated rings. The standard InChI is InChI=1S/C21H27FN4O3/c22-16-2-1-4-24-18(16)25-15-3-5-26(11-15)20(28)29-17-13-6-12-7-14(17)10-21(8-12,9-13)19(23)27/h1-2,4,12-15,17H,3,5-11H2,(H2,23,27)(H,24,25)/t12?,13-,14?,15+,17?,21?/m0/s1. The fourth-order valence-corrected chi connectivity index (χ4v) is 6.39. The van der Waals surface area contributed by atoms with Gasteiger partial charge in [0.15, 0.2) is 11.6 Å². The molecular formula is C21H27FN4O3. The molecule has 6 atom stereocenters. The number of hydrogen-bond donors (Lipinski definition) is 2. The fourth-order valence-electron chi connectivity index (χ4n) is 6.39. The van der Waals surface area contributed by atoms with Crippen LogP contribution in [-0.4, -0.2) is 47.1 Å². The number of primary amides is 1. The largest absolute Gasteiger partial charge is 0.446 e. The first-order valence-electron chi connectivity index (χ1n) is 10.6. The van der Waals surface area contributed by atoms with Crippen LogP contribution in [0.2, 0.25) is 0 Å². The maximum Gasteiger partial charge on any atom is 0.410 e. The normalized spacial score (nSPS) is 37.6. The summed E-state index contributed by atoms with van der Waals surface area (Å²) in [5.74, 6) is 0.630. The van der Waals surface area contributed by atoms with Crippen molar-refractivity contribution in [1.82, 2.24) is 9.88 Å². The number of hydrogen-bond acceptors (Lipinski definition) is 5. The molecule has 2 heterocycles. The Morgan fingerprint density at radius 1 is 1.28 bits per heavy atom. The molecule has 156 valence electrons. The number of halogens is 1. The molecule has 0 aromatic carbocycles. The van der Waals surface area contributed by atoms with Crippen molar-refractivity contribution >= 4 is 17.8 Å². The van der Waals surface area contributed by atoms with Crippen LogP contribution in [0.3, 0.4) is 0 Å². The minimum atomic E-state index is -0.398. The maximum atomic E-state index is 13.8. The minimum Gasteiger partial charge on any atom is -0.446 e. The molecule has 4 bridgehead atoms. The van der Waals surface area contributed by atoms with Crippen LogP contribution >= 0.6 is 0 Å². The number of rotatable bonds is 4. The Morgan fingerprint density at radius 2 is 2.03 bits per heavy atom. The Labute approximate surface area is 169 Å². The van der Waals surface area contributed by atoms with Crippen LogP contribution in [0, 0.1) is 29.0 Å². The second-order valence-corrected chi connectivity index (χ2v) is 9.37. The molecule has 1 aliphatic heterocycles. The summed E-state index contributed by atoms with van der Waals surface area (Å²) >= 11 is 0. The Hall–Kier alpha value is -2.38. The number of amides is 2. The first-order valence-corrected chi connectivity index (χ1v) is 10.6. The molecule has 4 aliphatic carbocycles. The lowest BCUT2D eigenvalue weighted by Crippen LogP contribution is -2.59. The van der Waals surface area contributed by atoms with Gasteiger partial charge in [-0.05, 0) is 68.4 Å². The highest BCUT2D eigenvalue weighted by molar-refractivity contribution is 5.81. The van der Waals surface area contributed by atoms with Crippen LogP contribution in [0.1, 0.15) is 38.5 Å². The van der Waals surface area contributed by atoms with E-state index in [0.717, 1.165) is 38.5 Å². The summed E-state index contributed by atoms with van der Waals surface area (Å²) in [5.41, 5.74) is 5.35. The number of anilines is 1. The third kappa shape index (κ3) is 3.22. The lowest BCUT2D eigenvalue weighted by molar-refractivity contribution is -0.161. The zero-order valence-electron chi connectivity index (χ0n) is 16.4. The number of pyridine rings is 1. The number of ether oxygens (including phenoxy) is 1. The summed E-state index contributed by atoms with van der Waals surface area (Å²) in [6.07, 6.45) is 6.27. The van der Waals surface area contributed by atoms with Gasteiger partial charge in [0.25, 0.3) is 0 Å². The Bertz CT molecular complexity index is 818. The number of nitrogens with one attached hydrogen (secondary N) is 1. The van der Waals surface area contributed by atoms with Gasteiger partial charge in [0.05, 0.1) is 5.41 Å². The van der Waals surface area contributed by atoms with Crippen LogP contribution in [0.5, 0.6) is 0 Å². The zero-order valence-corrected chi connectivity index (χ0v) is 16.4. The second-order valence-electron chi connectivity index (χ2n) is 9.37. The summed E-state index contributed by atoms with van der Waals surface area (Å²) in [6.45, 7) is 1.03. The molecule has 0 radical (unpaired) electrons. The number of carbonyl (C=O) groups excluding carboxylic acids is 2. The van der Waals surface area contributed by atoms with Gasteiger partial charge in [-0.25, -0.2) is 14.2 Å². The molecule has 7 nitrogen and oxygen atoms in total. The van der Waals surface area contributed by atoms with Gasteiger partial charge in [-0.2, -0.15) is 0 Å². The van der Waals surface area contributed by atoms with Crippen molar-refractivity contribution in [3.63, 3.8) is 0 Å². The highest BCUT2D eigenvalue weighted by Gasteiger charge is 2.59. The van der Waals surface area contributed by atoms with E-state index < -0.39 is 5.82 Å². The van der Waals surface area contributed by atoms with E-state index in [9.17, 15) is 14.0 Å². The molecule has 4 unspecified atom stereocenters. The summed E-state index contributed by atoms with van der Waals surface area (Å²) in [6, 6.07) is 2.86. The molecule has 2 amide bonds. The highest BCUT2D eigenvalue weighted by Crippen LogP contribution is 2.60. The van der Waals surface area contributed by atoms with Gasteiger partial charge in [-0.3, -0.25) is 4.79 Å². The van der Waals surface area contributed by atoms with E-state index in [1.54, 1.807) is 11.0 Å². The second kappa shape index (κ2) is 6.85. The third-order valence-electron chi connectivity index (χ3n) is 7.49. The summed E-state index contributed by atoms with van der Waals surface area (Å²) in [7, 11) is 0. The molecule has 4 saturated carbocycles. The van der Waals surface area contributed by atoms with Gasteiger partial charge in [-0.1, -0.05) is 0 Å². The van der Waals surface area contributed by atoms with Crippen molar-refractivity contribution in [2.75, 3.05) is 18.4 Å². The van der Waals surface area contributed by atoms with Gasteiger partial charge in [0, 0.05) is 25.3 Å². The molecule has 3 N–H and O–H groups in total. The average Bonchev–Trinajstić information content (AvgIpc) is 3.14. The summed E-state index contributed by atoms with van der Waals surface area (Å²) < 4.78 is 19.8. The molecule has 6 rings (SSSR count). The Kier molecular flexibility index (Phi) is 4.40. The molecule has 1 saturated heterocycles. The van der Waals surface area contributed by atoms with E-state index in [0.29, 0.717) is 19.0 Å². The monoisotopic (exact) mass is 402 g/mol. The van der Waals surface area contributed by atoms with Gasteiger partial charge < -0.3 is 20.7 Å². The molecule has 29 heavy (non-hydrogen) atoms. The van der Waals surface area contributed by atoms with Gasteiger partial charge >= 0.3 is 6.09 Å². The Morgan fingerprint density at radius 3 is 2.72 bits per heavy atom. The van der Waals surface area contributed by atoms with Crippen molar-refractivity contribution in [3.05, 3.63) is 24.1 Å². The quantitative estimate of drug-likeness (QED) is 0.807. The topological polar surface area (TPSA) is 97.6 Å². The van der Waals surface area contributed by atoms with Crippen LogP contribution in [0.15, 0.2) is 18.3 Å². The van der Waals surface area contributed by atoms with E-state index in [4.69, 9.17) is 10.5 Å². The SMILES string of the molecule is NC(=O)C12CC3CC(C1)C(OC(=O)N1CC[C@@H](Nc4ncccc4F)C1)[C@@H](C3)C2. The van der Waals surface area contributed by atoms with Crippen LogP contribution in [0.4, 0.5) is 15.0 Å². The molecule has 8 heteroatoms. The number of aromatic nitrogens is 1. The molecule has 1 aromatic rings. The first-order chi connectivity index (χ1) is 13.9. The number of nitrogens with two attached hydrogens (primary N) is 1. The van der Waals surface area contributed by atoms with E-state index in [1.165, 1.54) is 12.3 Å². The lowest BCUT2D eigenvalue weighted by Gasteiger charge is -2.58. The fraction of sp³-hybridized carbons (Fsp3) is 0.667. The van der Waals surface area contributed by atoms with Crippen LogP contribution in [0.25, 0.3) is 0 Å². The summed E-state index contributed by atoms with van der Waals surface area (Å²) in [5, 5.41) is 3.08. The molecular weight excluding hydrogens is 375 g/mol. The zero-order chi connectivity index (χ0) is 20.2. The van der Waals surface area contributed by atoms with Crippen molar-refractivity contribution in [2.45, 2.75) is 50.7 Å². The predicted octanol–water partition coefficient (Wildman–Crippen LogP) is 2.52. The number of carbonyl (C=O) groups is 2. The van der Waals surface area contributed by atoms with Crippen molar-refractivity contribution in [3.8, 4) is 0 Å². The molecule has 1 aromatic heterocycles. The third-order valence-corrected chi connectivity index (χ3v) is 7.49. The van der Waals surface area contributed by atoms with Crippen molar-refractivity contribution in [1.29, 1.82) is 0 Å². The van der Waals surface area contributed by atoms with Crippen LogP contribution < -0.4 is 11.1 Å². The smallest absolute Gasteiger partial charge is 0.410 e. The van der Waals surface area contributed by atoms with E-state index >= 15 is 0 Å². The average molecular weight is 402 g/mol. The van der Waals surface area contributed by atoms with Crippen molar-refractivity contribution in [2.24, 2.45) is 28.9 Å². The lowest BCUT2D eigenvalue weighted by atomic mass is 9.48. The molecule has 5 aliphatic rings. The Balaban J connectivity index is 1.20. The van der Waals surface area contributed by atoms with Crippen molar-refractivity contribution < 1.29 is 18.7 Å². The highest BCUT2D eigenvalue weighted by atomic mass is 19.1. The molecule has 0 spiro atoms. The van der Waals surface area contributed by atoms with Gasteiger partial charge in [0.1, 0.15) is 6.10 Å². The van der Waals surface area contributed by atoms with Gasteiger partial charge in [0.2, 0.25) is 5.91 Å². The maximum absolute atomic E-state index is 13.8. The number of nitrogens with zero attached hydrogens (tertiary/aromatic N) is 2. The minimum absolute atomic E-state index is 0.0522. The number of likely N-dealkylation sites (tertiary alicyclic amines) is 1. The summed E-state index contributed by atoms with van der Waals surface area (Å²) in [4.78, 5) is 30.6. The first kappa shape index (κ1) is 18.6. The van der Waals surface area contributed by atoms with Crippen LogP contribution in [-0.2, 0) is 9.53 Å². The van der Waals surface area contributed by atoms with E-state index in [2.05, 4.69) is 10.3 Å². The predicted molar refractivity (Wildman–Crippen MR) is 103 cm³/mol. The van der Waals surface area contributed by atoms with E-state index in [-0.39, 0.29) is 47.2 Å². The van der Waals surface area contributed by atoms with E-state index in [1.807, 2.05) is 0 Å².